The summed E-state index contributed by atoms with van der Waals surface area (Å²) in [5.74, 6) is -3.00. The molecule has 12 heteroatoms. The maximum Gasteiger partial charge on any atom is 0.452 e. The Morgan fingerprint density at radius 2 is 1.71 bits per heavy atom. The molecule has 0 aliphatic carbocycles. The molecule has 0 aliphatic heterocycles. The van der Waals surface area contributed by atoms with E-state index in [1.807, 2.05) is 0 Å². The maximum atomic E-state index is 13.5. The average molecular weight is 539 g/mol. The average Bonchev–Trinajstić information content (AvgIpc) is 3.45. The minimum atomic E-state index is -0.891. The lowest BCUT2D eigenvalue weighted by Gasteiger charge is -2.00. The van der Waals surface area contributed by atoms with Crippen LogP contribution in [0.15, 0.2) is 76.3 Å². The van der Waals surface area contributed by atoms with E-state index in [0.29, 0.717) is 17.6 Å². The molecular weight excluding hydrogens is 524 g/mol. The van der Waals surface area contributed by atoms with Gasteiger partial charge in [0, 0.05) is 30.1 Å². The molecule has 0 fully saturated rings. The highest BCUT2D eigenvalue weighted by Gasteiger charge is 2.18. The van der Waals surface area contributed by atoms with Crippen molar-refractivity contribution in [2.24, 2.45) is 0 Å². The van der Waals surface area contributed by atoms with E-state index in [9.17, 15) is 22.4 Å². The summed E-state index contributed by atoms with van der Waals surface area (Å²) >= 11 is 0. The molecule has 176 valence electrons. The number of fused-ring (bicyclic) bond motifs is 1. The normalized spacial score (nSPS) is 10.5. The standard InChI is InChI=1S/C11H8F2N2O2.C11H6F2N2O.BrH/c12-7-1-2-8(9(13)5-7)10(16)6-15-3-4-17-11(15)14;12-7-1-2-8(9(13)5-7)10-6-15-3-4-16-11(15)14-10;/h1-5,14H,6H2;1-6H;1H. The van der Waals surface area contributed by atoms with Crippen molar-refractivity contribution >= 4 is 17.6 Å². The molecule has 5 aromatic rings. The van der Waals surface area contributed by atoms with Crippen molar-refractivity contribution in [3.8, 4) is 11.3 Å². The summed E-state index contributed by atoms with van der Waals surface area (Å²) in [6, 6.07) is 6.21. The smallest absolute Gasteiger partial charge is 0.452 e. The Balaban J connectivity index is 0.000000185. The minimum Gasteiger partial charge on any atom is -1.00 e. The van der Waals surface area contributed by atoms with Crippen LogP contribution in [0.25, 0.3) is 17.1 Å². The van der Waals surface area contributed by atoms with Crippen LogP contribution in [0.4, 0.5) is 23.6 Å². The fraction of sp³-hybridized carbons (Fsp3) is 0.0455. The summed E-state index contributed by atoms with van der Waals surface area (Å²) < 4.78 is 64.9. The van der Waals surface area contributed by atoms with Crippen LogP contribution in [0.3, 0.4) is 0 Å². The molecule has 3 aromatic heterocycles. The number of Topliss-reactive ketones (excluding diaryl/α,β-unsaturated/α-hetero) is 1. The number of halogens is 5. The van der Waals surface area contributed by atoms with Crippen molar-refractivity contribution in [1.82, 2.24) is 9.38 Å². The van der Waals surface area contributed by atoms with E-state index in [1.165, 1.54) is 35.4 Å². The number of imidazole rings is 1. The zero-order valence-electron chi connectivity index (χ0n) is 17.1. The second kappa shape index (κ2) is 10.3. The Morgan fingerprint density at radius 3 is 2.32 bits per heavy atom. The van der Waals surface area contributed by atoms with E-state index in [-0.39, 0.29) is 40.7 Å². The van der Waals surface area contributed by atoms with E-state index >= 15 is 0 Å². The molecule has 7 nitrogen and oxygen atoms in total. The molecule has 0 unspecified atom stereocenters. The molecule has 0 aliphatic rings. The molecule has 0 bridgehead atoms. The van der Waals surface area contributed by atoms with Gasteiger partial charge in [0.05, 0.1) is 11.3 Å². The number of nitrogens with zero attached hydrogens (tertiary/aromatic N) is 3. The lowest BCUT2D eigenvalue weighted by atomic mass is 10.1. The van der Waals surface area contributed by atoms with Gasteiger partial charge in [-0.1, -0.05) is 0 Å². The molecule has 0 saturated heterocycles. The zero-order valence-corrected chi connectivity index (χ0v) is 18.7. The minimum absolute atomic E-state index is 0. The second-order valence-corrected chi connectivity index (χ2v) is 6.76. The van der Waals surface area contributed by atoms with Gasteiger partial charge in [-0.05, 0) is 24.3 Å². The molecule has 0 radical (unpaired) electrons. The van der Waals surface area contributed by atoms with Crippen molar-refractivity contribution in [1.29, 1.82) is 0 Å². The van der Waals surface area contributed by atoms with E-state index in [0.717, 1.165) is 18.2 Å². The molecule has 0 saturated carbocycles. The first-order chi connectivity index (χ1) is 15.8. The maximum absolute atomic E-state index is 13.5. The number of hydrogen-bond acceptors (Lipinski definition) is 5. The largest absolute Gasteiger partial charge is 1.00 e. The highest BCUT2D eigenvalue weighted by atomic mass is 79.9. The Hall–Kier alpha value is -3.93. The highest BCUT2D eigenvalue weighted by molar-refractivity contribution is 5.95. The predicted molar refractivity (Wildman–Crippen MR) is 107 cm³/mol. The molecule has 2 aromatic carbocycles. The van der Waals surface area contributed by atoms with Crippen LogP contribution in [0, 0.1) is 23.3 Å². The number of ketones is 1. The van der Waals surface area contributed by atoms with Crippen LogP contribution >= 0.6 is 0 Å². The van der Waals surface area contributed by atoms with Gasteiger partial charge < -0.3 is 25.8 Å². The van der Waals surface area contributed by atoms with Gasteiger partial charge in [-0.15, -0.1) is 0 Å². The van der Waals surface area contributed by atoms with Crippen LogP contribution in [-0.4, -0.2) is 15.2 Å². The van der Waals surface area contributed by atoms with Crippen LogP contribution in [-0.2, 0) is 6.54 Å². The summed E-state index contributed by atoms with van der Waals surface area (Å²) in [6.07, 6.45) is 7.52. The molecular formula is C22H15BrF4N4O3. The summed E-state index contributed by atoms with van der Waals surface area (Å²) in [5, 5.41) is 0. The lowest BCUT2D eigenvalue weighted by Crippen LogP contribution is -3.00. The van der Waals surface area contributed by atoms with Crippen LogP contribution in [0.2, 0.25) is 0 Å². The number of hydrogen-bond donors (Lipinski definition) is 1. The Morgan fingerprint density at radius 1 is 1.00 bits per heavy atom. The van der Waals surface area contributed by atoms with Gasteiger partial charge >= 0.3 is 11.9 Å². The molecule has 5 rings (SSSR count). The number of benzene rings is 2. The van der Waals surface area contributed by atoms with Gasteiger partial charge in [0.1, 0.15) is 42.0 Å². The zero-order chi connectivity index (χ0) is 23.5. The molecule has 0 spiro atoms. The quantitative estimate of drug-likeness (QED) is 0.211. The first-order valence-electron chi connectivity index (χ1n) is 9.40. The van der Waals surface area contributed by atoms with Crippen LogP contribution in [0.1, 0.15) is 10.4 Å². The van der Waals surface area contributed by atoms with E-state index in [2.05, 4.69) is 4.98 Å². The van der Waals surface area contributed by atoms with Gasteiger partial charge in [0.2, 0.25) is 5.78 Å². The van der Waals surface area contributed by atoms with Gasteiger partial charge in [-0.2, -0.15) is 9.55 Å². The number of nitrogens with two attached hydrogens (primary N) is 1. The summed E-state index contributed by atoms with van der Waals surface area (Å²) in [6.45, 7) is -0.162. The SMILES string of the molecule is Fc1ccc(-c2cn3ccoc3n2)c(F)c1.Nc1occ[n+]1CC(=O)c1ccc(F)cc1F.[Br-]. The molecule has 2 N–H and O–H groups in total. The van der Waals surface area contributed by atoms with E-state index < -0.39 is 29.1 Å². The third-order valence-corrected chi connectivity index (χ3v) is 4.56. The van der Waals surface area contributed by atoms with Crippen molar-refractivity contribution in [3.05, 3.63) is 96.3 Å². The fourth-order valence-corrected chi connectivity index (χ4v) is 2.96. The number of oxazole rings is 2. The van der Waals surface area contributed by atoms with Crippen molar-refractivity contribution in [3.63, 3.8) is 0 Å². The summed E-state index contributed by atoms with van der Waals surface area (Å²) in [5.41, 5.74) is 5.90. The van der Waals surface area contributed by atoms with Crippen molar-refractivity contribution in [2.45, 2.75) is 6.54 Å². The third-order valence-electron chi connectivity index (χ3n) is 4.56. The number of anilines is 1. The number of nitrogen functional groups attached to an aromatic ring is 1. The number of carbonyl (C=O) groups is 1. The monoisotopic (exact) mass is 538 g/mol. The lowest BCUT2D eigenvalue weighted by molar-refractivity contribution is -0.670. The van der Waals surface area contributed by atoms with Crippen molar-refractivity contribution in [2.75, 3.05) is 5.73 Å². The number of aromatic nitrogens is 3. The Kier molecular flexibility index (Phi) is 7.51. The van der Waals surface area contributed by atoms with Crippen molar-refractivity contribution < 1.29 is 52.7 Å². The first kappa shape index (κ1) is 24.7. The van der Waals surface area contributed by atoms with Gasteiger partial charge in [0.25, 0.3) is 0 Å². The van der Waals surface area contributed by atoms with Gasteiger partial charge in [-0.3, -0.25) is 14.9 Å². The number of carbonyl (C=O) groups excluding carboxylic acids is 1. The third kappa shape index (κ3) is 5.34. The molecule has 3 heterocycles. The Bertz CT molecular complexity index is 1420. The predicted octanol–water partition coefficient (Wildman–Crippen LogP) is 1.19. The fourth-order valence-electron chi connectivity index (χ4n) is 2.96. The van der Waals surface area contributed by atoms with E-state index in [1.54, 1.807) is 16.8 Å². The number of rotatable bonds is 4. The summed E-state index contributed by atoms with van der Waals surface area (Å²) in [4.78, 5) is 15.8. The topological polar surface area (TPSA) is 90.5 Å². The first-order valence-corrected chi connectivity index (χ1v) is 9.40. The molecule has 0 amide bonds. The van der Waals surface area contributed by atoms with Gasteiger partial charge in [0.15, 0.2) is 6.54 Å². The highest BCUT2D eigenvalue weighted by Crippen LogP contribution is 2.23. The van der Waals surface area contributed by atoms with Crippen LogP contribution < -0.4 is 27.3 Å². The van der Waals surface area contributed by atoms with Crippen LogP contribution in [0.5, 0.6) is 0 Å². The summed E-state index contributed by atoms with van der Waals surface area (Å²) in [7, 11) is 0. The van der Waals surface area contributed by atoms with Gasteiger partial charge in [-0.25, -0.2) is 17.6 Å². The molecule has 0 atom stereocenters. The van der Waals surface area contributed by atoms with E-state index in [4.69, 9.17) is 14.6 Å². The second-order valence-electron chi connectivity index (χ2n) is 6.76. The molecule has 34 heavy (non-hydrogen) atoms. The Labute approximate surface area is 199 Å².